The van der Waals surface area contributed by atoms with Gasteiger partial charge in [-0.25, -0.2) is 4.98 Å². The van der Waals surface area contributed by atoms with E-state index in [4.69, 9.17) is 0 Å². The maximum atomic E-state index is 10.3. The van der Waals surface area contributed by atoms with Crippen molar-refractivity contribution in [2.45, 2.75) is 6.04 Å². The van der Waals surface area contributed by atoms with Crippen molar-refractivity contribution in [3.63, 3.8) is 0 Å². The van der Waals surface area contributed by atoms with E-state index in [1.807, 2.05) is 54.6 Å². The van der Waals surface area contributed by atoms with E-state index >= 15 is 0 Å². The summed E-state index contributed by atoms with van der Waals surface area (Å²) in [5, 5.41) is 14.6. The molecule has 4 heteroatoms. The predicted molar refractivity (Wildman–Crippen MR) is 99.6 cm³/mol. The first-order valence-corrected chi connectivity index (χ1v) is 8.58. The van der Waals surface area contributed by atoms with Crippen molar-refractivity contribution in [3.8, 4) is 5.75 Å². The Labute approximate surface area is 144 Å². The molecule has 2 N–H and O–H groups in total. The van der Waals surface area contributed by atoms with Crippen LogP contribution in [0.25, 0.3) is 10.2 Å². The van der Waals surface area contributed by atoms with E-state index in [1.165, 1.54) is 0 Å². The van der Waals surface area contributed by atoms with Crippen molar-refractivity contribution in [2.24, 2.45) is 0 Å². The van der Waals surface area contributed by atoms with Gasteiger partial charge in [-0.1, -0.05) is 72.0 Å². The number of phenols is 1. The zero-order chi connectivity index (χ0) is 16.4. The molecule has 4 rings (SSSR count). The van der Waals surface area contributed by atoms with Crippen molar-refractivity contribution in [1.82, 2.24) is 4.98 Å². The number of para-hydroxylation sites is 2. The number of nitrogens with one attached hydrogen (secondary N) is 1. The van der Waals surface area contributed by atoms with Crippen molar-refractivity contribution in [3.05, 3.63) is 90.0 Å². The Hall–Kier alpha value is -2.85. The molecule has 0 spiro atoms. The first-order chi connectivity index (χ1) is 11.8. The highest BCUT2D eigenvalue weighted by molar-refractivity contribution is 7.22. The van der Waals surface area contributed by atoms with E-state index in [-0.39, 0.29) is 11.8 Å². The molecule has 0 amide bonds. The van der Waals surface area contributed by atoms with Crippen LogP contribution in [0.2, 0.25) is 0 Å². The fourth-order valence-electron chi connectivity index (χ4n) is 2.78. The number of phenolic OH excluding ortho intramolecular Hbond substituents is 1. The molecule has 24 heavy (non-hydrogen) atoms. The van der Waals surface area contributed by atoms with Crippen molar-refractivity contribution >= 4 is 26.7 Å². The van der Waals surface area contributed by atoms with Gasteiger partial charge in [0, 0.05) is 5.56 Å². The van der Waals surface area contributed by atoms with Crippen LogP contribution in [0.1, 0.15) is 17.2 Å². The molecule has 0 fully saturated rings. The summed E-state index contributed by atoms with van der Waals surface area (Å²) < 4.78 is 1.14. The van der Waals surface area contributed by atoms with Crippen LogP contribution in [0, 0.1) is 0 Å². The molecule has 3 aromatic carbocycles. The largest absolute Gasteiger partial charge is 0.508 e. The zero-order valence-electron chi connectivity index (χ0n) is 12.9. The molecule has 1 aromatic heterocycles. The number of nitrogens with zero attached hydrogens (tertiary/aromatic N) is 1. The molecule has 118 valence electrons. The minimum Gasteiger partial charge on any atom is -0.508 e. The van der Waals surface area contributed by atoms with Gasteiger partial charge in [-0.15, -0.1) is 0 Å². The van der Waals surface area contributed by atoms with Crippen LogP contribution >= 0.6 is 11.3 Å². The van der Waals surface area contributed by atoms with Gasteiger partial charge < -0.3 is 10.4 Å². The van der Waals surface area contributed by atoms with Crippen molar-refractivity contribution < 1.29 is 5.11 Å². The van der Waals surface area contributed by atoms with E-state index in [2.05, 4.69) is 28.5 Å². The highest BCUT2D eigenvalue weighted by Gasteiger charge is 2.18. The number of aromatic nitrogens is 1. The lowest BCUT2D eigenvalue weighted by atomic mass is 9.98. The first-order valence-electron chi connectivity index (χ1n) is 7.76. The summed E-state index contributed by atoms with van der Waals surface area (Å²) in [6.07, 6.45) is 0. The van der Waals surface area contributed by atoms with Gasteiger partial charge in [-0.3, -0.25) is 0 Å². The number of thiazole rings is 1. The normalized spacial score (nSPS) is 12.2. The van der Waals surface area contributed by atoms with Crippen LogP contribution < -0.4 is 5.32 Å². The molecular formula is C20H16N2OS. The molecule has 1 unspecified atom stereocenters. The number of hydrogen-bond donors (Lipinski definition) is 2. The van der Waals surface area contributed by atoms with E-state index in [1.54, 1.807) is 17.4 Å². The molecule has 3 nitrogen and oxygen atoms in total. The fraction of sp³-hybridized carbons (Fsp3) is 0.0500. The topological polar surface area (TPSA) is 45.1 Å². The lowest BCUT2D eigenvalue weighted by Gasteiger charge is -2.20. The van der Waals surface area contributed by atoms with E-state index < -0.39 is 0 Å². The summed E-state index contributed by atoms with van der Waals surface area (Å²) in [4.78, 5) is 4.66. The second-order valence-electron chi connectivity index (χ2n) is 5.53. The third-order valence-corrected chi connectivity index (χ3v) is 4.91. The first kappa shape index (κ1) is 14.7. The van der Waals surface area contributed by atoms with Crippen LogP contribution in [0.3, 0.4) is 0 Å². The highest BCUT2D eigenvalue weighted by Crippen LogP contribution is 2.34. The molecule has 0 bridgehead atoms. The summed E-state index contributed by atoms with van der Waals surface area (Å²) in [5.41, 5.74) is 2.90. The van der Waals surface area contributed by atoms with Gasteiger partial charge in [-0.05, 0) is 23.8 Å². The number of aromatic hydroxyl groups is 1. The molecule has 0 aliphatic rings. The summed E-state index contributed by atoms with van der Waals surface area (Å²) in [6.45, 7) is 0. The van der Waals surface area contributed by atoms with Crippen LogP contribution in [-0.4, -0.2) is 10.1 Å². The van der Waals surface area contributed by atoms with E-state index in [9.17, 15) is 5.11 Å². The summed E-state index contributed by atoms with van der Waals surface area (Å²) in [7, 11) is 0. The van der Waals surface area contributed by atoms with Gasteiger partial charge in [0.1, 0.15) is 5.75 Å². The van der Waals surface area contributed by atoms with Crippen LogP contribution in [0.15, 0.2) is 78.9 Å². The standard InChI is InChI=1S/C20H16N2OS/c23-17-12-6-4-10-15(17)19(14-8-2-1-3-9-14)22-20-21-16-11-5-7-13-18(16)24-20/h1-13,19,23H,(H,21,22). The number of fused-ring (bicyclic) bond motifs is 1. The molecule has 0 saturated heterocycles. The number of benzene rings is 3. The average molecular weight is 332 g/mol. The van der Waals surface area contributed by atoms with Crippen LogP contribution in [-0.2, 0) is 0 Å². The average Bonchev–Trinajstić information content (AvgIpc) is 3.04. The Morgan fingerprint density at radius 1 is 0.833 bits per heavy atom. The molecule has 4 aromatic rings. The lowest BCUT2D eigenvalue weighted by Crippen LogP contribution is -2.12. The Bertz CT molecular complexity index is 932. The minimum absolute atomic E-state index is 0.159. The maximum Gasteiger partial charge on any atom is 0.184 e. The van der Waals surface area contributed by atoms with Gasteiger partial charge in [0.05, 0.1) is 16.3 Å². The SMILES string of the molecule is Oc1ccccc1C(Nc1nc2ccccc2s1)c1ccccc1. The van der Waals surface area contributed by atoms with Gasteiger partial charge in [0.2, 0.25) is 0 Å². The number of hydrogen-bond acceptors (Lipinski definition) is 4. The molecular weight excluding hydrogens is 316 g/mol. The van der Waals surface area contributed by atoms with Crippen LogP contribution in [0.5, 0.6) is 5.75 Å². The van der Waals surface area contributed by atoms with Crippen molar-refractivity contribution in [1.29, 1.82) is 0 Å². The predicted octanol–water partition coefficient (Wildman–Crippen LogP) is 5.20. The van der Waals surface area contributed by atoms with E-state index in [0.29, 0.717) is 0 Å². The Morgan fingerprint density at radius 3 is 2.33 bits per heavy atom. The minimum atomic E-state index is -0.159. The molecule has 0 aliphatic carbocycles. The number of rotatable bonds is 4. The Kier molecular flexibility index (Phi) is 3.89. The van der Waals surface area contributed by atoms with Gasteiger partial charge >= 0.3 is 0 Å². The lowest BCUT2D eigenvalue weighted by molar-refractivity contribution is 0.466. The van der Waals surface area contributed by atoms with Crippen LogP contribution in [0.4, 0.5) is 5.13 Å². The molecule has 1 atom stereocenters. The summed E-state index contributed by atoms with van der Waals surface area (Å²) in [6, 6.07) is 25.4. The molecule has 0 aliphatic heterocycles. The Morgan fingerprint density at radius 2 is 1.54 bits per heavy atom. The second-order valence-corrected chi connectivity index (χ2v) is 6.56. The smallest absolute Gasteiger partial charge is 0.184 e. The van der Waals surface area contributed by atoms with E-state index in [0.717, 1.165) is 26.5 Å². The summed E-state index contributed by atoms with van der Waals surface area (Å²) in [5.74, 6) is 0.278. The number of anilines is 1. The third-order valence-electron chi connectivity index (χ3n) is 3.94. The fourth-order valence-corrected chi connectivity index (χ4v) is 3.67. The molecule has 1 heterocycles. The van der Waals surface area contributed by atoms with Gasteiger partial charge in [-0.2, -0.15) is 0 Å². The maximum absolute atomic E-state index is 10.3. The van der Waals surface area contributed by atoms with Crippen molar-refractivity contribution in [2.75, 3.05) is 5.32 Å². The van der Waals surface area contributed by atoms with Gasteiger partial charge in [0.25, 0.3) is 0 Å². The second kappa shape index (κ2) is 6.34. The molecule has 0 saturated carbocycles. The summed E-state index contributed by atoms with van der Waals surface area (Å²) >= 11 is 1.62. The monoisotopic (exact) mass is 332 g/mol. The Balaban J connectivity index is 1.77. The van der Waals surface area contributed by atoms with Gasteiger partial charge in [0.15, 0.2) is 5.13 Å². The molecule has 0 radical (unpaired) electrons. The third kappa shape index (κ3) is 2.84. The zero-order valence-corrected chi connectivity index (χ0v) is 13.7. The highest BCUT2D eigenvalue weighted by atomic mass is 32.1. The quantitative estimate of drug-likeness (QED) is 0.539.